The summed E-state index contributed by atoms with van der Waals surface area (Å²) in [5.41, 5.74) is 5.18. The van der Waals surface area contributed by atoms with E-state index in [2.05, 4.69) is 15.2 Å². The Morgan fingerprint density at radius 2 is 1.73 bits per heavy atom. The summed E-state index contributed by atoms with van der Waals surface area (Å²) < 4.78 is 1.77. The Labute approximate surface area is 193 Å². The van der Waals surface area contributed by atoms with E-state index < -0.39 is 0 Å². The number of nitrogens with zero attached hydrogens (tertiary/aromatic N) is 4. The van der Waals surface area contributed by atoms with Crippen LogP contribution < -0.4 is 10.2 Å². The largest absolute Gasteiger partial charge is 0.357 e. The predicted octanol–water partition coefficient (Wildman–Crippen LogP) is 4.77. The van der Waals surface area contributed by atoms with Crippen molar-refractivity contribution in [1.29, 1.82) is 0 Å². The van der Waals surface area contributed by atoms with Gasteiger partial charge in [0.25, 0.3) is 5.91 Å². The zero-order valence-electron chi connectivity index (χ0n) is 18.7. The lowest BCUT2D eigenvalue weighted by Crippen LogP contribution is -2.23. The zero-order chi connectivity index (χ0) is 22.6. The number of aromatic nitrogens is 3. The fourth-order valence-electron chi connectivity index (χ4n) is 4.11. The van der Waals surface area contributed by atoms with E-state index in [1.807, 2.05) is 79.9 Å². The summed E-state index contributed by atoms with van der Waals surface area (Å²) in [6.07, 6.45) is 6.10. The first-order chi connectivity index (χ1) is 16.2. The second-order valence-corrected chi connectivity index (χ2v) is 8.44. The van der Waals surface area contributed by atoms with E-state index in [0.717, 1.165) is 35.7 Å². The number of pyridine rings is 1. The van der Waals surface area contributed by atoms with Crippen LogP contribution in [0.2, 0.25) is 0 Å². The third-order valence-electron chi connectivity index (χ3n) is 6.00. The molecule has 0 aliphatic carbocycles. The first-order valence-electron chi connectivity index (χ1n) is 11.4. The first kappa shape index (κ1) is 20.9. The number of hydrogen-bond donors (Lipinski definition) is 1. The van der Waals surface area contributed by atoms with Crippen LogP contribution in [0, 0.1) is 6.92 Å². The number of rotatable bonds is 6. The normalized spacial score (nSPS) is 13.3. The van der Waals surface area contributed by atoms with Crippen molar-refractivity contribution in [2.45, 2.75) is 26.3 Å². The molecule has 1 saturated heterocycles. The van der Waals surface area contributed by atoms with Gasteiger partial charge in [0.15, 0.2) is 0 Å². The molecule has 4 aromatic rings. The molecule has 3 heterocycles. The Balaban J connectivity index is 1.36. The lowest BCUT2D eigenvalue weighted by atomic mass is 10.1. The molecule has 1 aliphatic heterocycles. The minimum Gasteiger partial charge on any atom is -0.357 e. The average molecular weight is 438 g/mol. The van der Waals surface area contributed by atoms with Crippen LogP contribution in [0.1, 0.15) is 34.3 Å². The standard InChI is InChI=1S/C27H27N5O/c1-20-9-12-23(13-10-20)32-19-24(26(30-32)22-7-3-2-4-8-22)27(33)29-18-21-11-14-25(28-17-21)31-15-5-6-16-31/h2-4,7-14,17,19H,5-6,15-16,18H2,1H3,(H,29,33). The molecule has 1 N–H and O–H groups in total. The Kier molecular flexibility index (Phi) is 5.89. The lowest BCUT2D eigenvalue weighted by Gasteiger charge is -2.16. The van der Waals surface area contributed by atoms with Crippen LogP contribution in [-0.4, -0.2) is 33.8 Å². The molecular formula is C27H27N5O. The van der Waals surface area contributed by atoms with Gasteiger partial charge in [-0.1, -0.05) is 54.1 Å². The van der Waals surface area contributed by atoms with E-state index in [1.165, 1.54) is 18.4 Å². The molecule has 6 nitrogen and oxygen atoms in total. The Morgan fingerprint density at radius 1 is 0.970 bits per heavy atom. The summed E-state index contributed by atoms with van der Waals surface area (Å²) in [7, 11) is 0. The minimum atomic E-state index is -0.157. The van der Waals surface area contributed by atoms with Crippen LogP contribution >= 0.6 is 0 Å². The maximum atomic E-state index is 13.2. The first-order valence-corrected chi connectivity index (χ1v) is 11.4. The molecule has 0 unspecified atom stereocenters. The molecule has 1 amide bonds. The van der Waals surface area contributed by atoms with Crippen molar-refractivity contribution < 1.29 is 4.79 Å². The molecule has 2 aromatic heterocycles. The highest BCUT2D eigenvalue weighted by molar-refractivity contribution is 5.99. The lowest BCUT2D eigenvalue weighted by molar-refractivity contribution is 0.0951. The zero-order valence-corrected chi connectivity index (χ0v) is 18.7. The molecule has 0 saturated carbocycles. The highest BCUT2D eigenvalue weighted by Gasteiger charge is 2.19. The Morgan fingerprint density at radius 3 is 2.42 bits per heavy atom. The van der Waals surface area contributed by atoms with Crippen molar-refractivity contribution in [3.63, 3.8) is 0 Å². The fourth-order valence-corrected chi connectivity index (χ4v) is 4.11. The smallest absolute Gasteiger partial charge is 0.255 e. The van der Waals surface area contributed by atoms with Gasteiger partial charge in [0.2, 0.25) is 0 Å². The molecule has 0 atom stereocenters. The van der Waals surface area contributed by atoms with Crippen molar-refractivity contribution in [2.24, 2.45) is 0 Å². The molecule has 1 aliphatic rings. The summed E-state index contributed by atoms with van der Waals surface area (Å²) in [4.78, 5) is 20.1. The molecule has 6 heteroatoms. The van der Waals surface area contributed by atoms with Crippen molar-refractivity contribution >= 4 is 11.7 Å². The molecule has 0 spiro atoms. The van der Waals surface area contributed by atoms with Gasteiger partial charge in [0.1, 0.15) is 11.5 Å². The van der Waals surface area contributed by atoms with Crippen molar-refractivity contribution in [2.75, 3.05) is 18.0 Å². The summed E-state index contributed by atoms with van der Waals surface area (Å²) >= 11 is 0. The monoisotopic (exact) mass is 437 g/mol. The van der Waals surface area contributed by atoms with Gasteiger partial charge >= 0.3 is 0 Å². The van der Waals surface area contributed by atoms with E-state index in [1.54, 1.807) is 10.9 Å². The molecule has 0 radical (unpaired) electrons. The molecular weight excluding hydrogens is 410 g/mol. The molecule has 33 heavy (non-hydrogen) atoms. The third kappa shape index (κ3) is 4.65. The predicted molar refractivity (Wildman–Crippen MR) is 131 cm³/mol. The summed E-state index contributed by atoms with van der Waals surface area (Å²) in [6.45, 7) is 4.59. The fraction of sp³-hybridized carbons (Fsp3) is 0.222. The molecule has 5 rings (SSSR count). The summed E-state index contributed by atoms with van der Waals surface area (Å²) in [5, 5.41) is 7.79. The molecule has 1 fully saturated rings. The Hall–Kier alpha value is -3.93. The van der Waals surface area contributed by atoms with Gasteiger partial charge in [-0.05, 0) is 43.5 Å². The summed E-state index contributed by atoms with van der Waals surface area (Å²) in [6, 6.07) is 22.0. The second kappa shape index (κ2) is 9.28. The van der Waals surface area contributed by atoms with Crippen LogP contribution in [0.15, 0.2) is 79.1 Å². The molecule has 0 bridgehead atoms. The van der Waals surface area contributed by atoms with E-state index in [-0.39, 0.29) is 5.91 Å². The number of nitrogens with one attached hydrogen (secondary N) is 1. The molecule has 166 valence electrons. The highest BCUT2D eigenvalue weighted by Crippen LogP contribution is 2.24. The van der Waals surface area contributed by atoms with Gasteiger partial charge in [-0.15, -0.1) is 0 Å². The third-order valence-corrected chi connectivity index (χ3v) is 6.00. The topological polar surface area (TPSA) is 63.1 Å². The number of carbonyl (C=O) groups excluding carboxylic acids is 1. The van der Waals surface area contributed by atoms with E-state index in [4.69, 9.17) is 5.10 Å². The van der Waals surface area contributed by atoms with Gasteiger partial charge in [-0.25, -0.2) is 9.67 Å². The number of anilines is 1. The van der Waals surface area contributed by atoms with Crippen LogP contribution in [0.3, 0.4) is 0 Å². The number of carbonyl (C=O) groups is 1. The number of benzene rings is 2. The van der Waals surface area contributed by atoms with Crippen molar-refractivity contribution in [3.8, 4) is 16.9 Å². The highest BCUT2D eigenvalue weighted by atomic mass is 16.1. The van der Waals surface area contributed by atoms with Crippen LogP contribution in [-0.2, 0) is 6.54 Å². The van der Waals surface area contributed by atoms with Gasteiger partial charge in [0, 0.05) is 37.6 Å². The molecule has 2 aromatic carbocycles. The van der Waals surface area contributed by atoms with Gasteiger partial charge < -0.3 is 10.2 Å². The van der Waals surface area contributed by atoms with Crippen LogP contribution in [0.5, 0.6) is 0 Å². The van der Waals surface area contributed by atoms with E-state index in [9.17, 15) is 4.79 Å². The van der Waals surface area contributed by atoms with E-state index in [0.29, 0.717) is 17.8 Å². The van der Waals surface area contributed by atoms with Crippen LogP contribution in [0.25, 0.3) is 16.9 Å². The number of aryl methyl sites for hydroxylation is 1. The second-order valence-electron chi connectivity index (χ2n) is 8.44. The summed E-state index contributed by atoms with van der Waals surface area (Å²) in [5.74, 6) is 0.851. The van der Waals surface area contributed by atoms with E-state index >= 15 is 0 Å². The minimum absolute atomic E-state index is 0.157. The van der Waals surface area contributed by atoms with Crippen LogP contribution in [0.4, 0.5) is 5.82 Å². The van der Waals surface area contributed by atoms with Gasteiger partial charge in [-0.2, -0.15) is 5.10 Å². The van der Waals surface area contributed by atoms with Gasteiger partial charge in [-0.3, -0.25) is 4.79 Å². The SMILES string of the molecule is Cc1ccc(-n2cc(C(=O)NCc3ccc(N4CCCC4)nc3)c(-c3ccccc3)n2)cc1. The Bertz CT molecular complexity index is 1220. The number of amides is 1. The maximum absolute atomic E-state index is 13.2. The van der Waals surface area contributed by atoms with Gasteiger partial charge in [0.05, 0.1) is 11.3 Å². The maximum Gasteiger partial charge on any atom is 0.255 e. The van der Waals surface area contributed by atoms with Crippen molar-refractivity contribution in [1.82, 2.24) is 20.1 Å². The number of hydrogen-bond acceptors (Lipinski definition) is 4. The average Bonchev–Trinajstić information content (AvgIpc) is 3.55. The quantitative estimate of drug-likeness (QED) is 0.472. The van der Waals surface area contributed by atoms with Crippen molar-refractivity contribution in [3.05, 3.63) is 95.8 Å².